The highest BCUT2D eigenvalue weighted by atomic mass is 16.6. The zero-order valence-electron chi connectivity index (χ0n) is 12.3. The van der Waals surface area contributed by atoms with Gasteiger partial charge >= 0.3 is 12.1 Å². The summed E-state index contributed by atoms with van der Waals surface area (Å²) in [5.74, 6) is -0.491. The molecule has 0 saturated carbocycles. The molecule has 110 valence electrons. The van der Waals surface area contributed by atoms with Crippen molar-refractivity contribution in [2.75, 3.05) is 18.1 Å². The molecule has 0 atom stereocenters. The number of esters is 1. The van der Waals surface area contributed by atoms with Crippen LogP contribution in [0.15, 0.2) is 24.5 Å². The van der Waals surface area contributed by atoms with Gasteiger partial charge in [0.25, 0.3) is 0 Å². The first kappa shape index (κ1) is 15.9. The molecule has 0 aliphatic rings. The predicted octanol–water partition coefficient (Wildman–Crippen LogP) is 2.39. The minimum atomic E-state index is -0.642. The largest absolute Gasteiger partial charge is 0.465 e. The third kappa shape index (κ3) is 5.26. The molecule has 20 heavy (non-hydrogen) atoms. The number of nitrogens with zero attached hydrogens (tertiary/aromatic N) is 2. The fraction of sp³-hybridized carbons (Fsp3) is 0.500. The van der Waals surface area contributed by atoms with Gasteiger partial charge in [-0.1, -0.05) is 0 Å². The van der Waals surface area contributed by atoms with Gasteiger partial charge in [-0.3, -0.25) is 14.7 Å². The first-order chi connectivity index (χ1) is 9.33. The molecule has 6 heteroatoms. The van der Waals surface area contributed by atoms with Gasteiger partial charge in [-0.05, 0) is 39.8 Å². The van der Waals surface area contributed by atoms with Crippen molar-refractivity contribution < 1.29 is 19.1 Å². The van der Waals surface area contributed by atoms with Crippen LogP contribution in [0, 0.1) is 0 Å². The molecule has 0 unspecified atom stereocenters. The van der Waals surface area contributed by atoms with Crippen molar-refractivity contribution in [1.29, 1.82) is 0 Å². The molecule has 0 N–H and O–H groups in total. The normalized spacial score (nSPS) is 10.8. The van der Waals surface area contributed by atoms with Crippen LogP contribution in [0.1, 0.15) is 27.7 Å². The Morgan fingerprint density at radius 1 is 1.25 bits per heavy atom. The van der Waals surface area contributed by atoms with E-state index in [0.717, 1.165) is 0 Å². The first-order valence-corrected chi connectivity index (χ1v) is 6.39. The first-order valence-electron chi connectivity index (χ1n) is 6.39. The molecule has 0 aromatic carbocycles. The Morgan fingerprint density at radius 2 is 1.85 bits per heavy atom. The average molecular weight is 280 g/mol. The Morgan fingerprint density at radius 3 is 2.35 bits per heavy atom. The van der Waals surface area contributed by atoms with E-state index >= 15 is 0 Å². The molecule has 0 aliphatic heterocycles. The lowest BCUT2D eigenvalue weighted by Crippen LogP contribution is -2.40. The van der Waals surface area contributed by atoms with Crippen LogP contribution in [0.25, 0.3) is 0 Å². The van der Waals surface area contributed by atoms with Gasteiger partial charge in [-0.2, -0.15) is 0 Å². The topological polar surface area (TPSA) is 68.7 Å². The van der Waals surface area contributed by atoms with Crippen LogP contribution in [0.4, 0.5) is 10.5 Å². The lowest BCUT2D eigenvalue weighted by molar-refractivity contribution is -0.141. The average Bonchev–Trinajstić information content (AvgIpc) is 2.35. The Hall–Kier alpha value is -2.11. The molecule has 0 fully saturated rings. The van der Waals surface area contributed by atoms with Crippen LogP contribution < -0.4 is 4.90 Å². The Bertz CT molecular complexity index is 454. The third-order valence-electron chi connectivity index (χ3n) is 2.18. The number of ether oxygens (including phenoxy) is 2. The number of amides is 1. The van der Waals surface area contributed by atoms with Crippen LogP contribution in [-0.4, -0.2) is 35.8 Å². The van der Waals surface area contributed by atoms with E-state index in [1.165, 1.54) is 17.3 Å². The quantitative estimate of drug-likeness (QED) is 0.792. The second kappa shape index (κ2) is 6.88. The summed E-state index contributed by atoms with van der Waals surface area (Å²) in [4.78, 5) is 28.9. The van der Waals surface area contributed by atoms with E-state index in [4.69, 9.17) is 9.47 Å². The molecule has 1 rings (SSSR count). The van der Waals surface area contributed by atoms with Crippen LogP contribution in [0.2, 0.25) is 0 Å². The lowest BCUT2D eigenvalue weighted by Gasteiger charge is -2.26. The number of rotatable bonds is 4. The molecule has 0 aliphatic carbocycles. The van der Waals surface area contributed by atoms with Gasteiger partial charge in [0, 0.05) is 12.4 Å². The van der Waals surface area contributed by atoms with Crippen molar-refractivity contribution in [2.45, 2.75) is 33.3 Å². The van der Waals surface area contributed by atoms with Gasteiger partial charge in [0.15, 0.2) is 0 Å². The monoisotopic (exact) mass is 280 g/mol. The molecule has 1 aromatic heterocycles. The van der Waals surface area contributed by atoms with Crippen LogP contribution >= 0.6 is 0 Å². The number of pyridine rings is 1. The number of carbonyl (C=O) groups is 2. The summed E-state index contributed by atoms with van der Waals surface area (Å²) >= 11 is 0. The van der Waals surface area contributed by atoms with Gasteiger partial charge in [0.1, 0.15) is 12.1 Å². The van der Waals surface area contributed by atoms with Gasteiger partial charge in [-0.15, -0.1) is 0 Å². The highest BCUT2D eigenvalue weighted by molar-refractivity contribution is 5.93. The van der Waals surface area contributed by atoms with Gasteiger partial charge in [-0.25, -0.2) is 4.79 Å². The number of carbonyl (C=O) groups excluding carboxylic acids is 2. The maximum absolute atomic E-state index is 12.2. The lowest BCUT2D eigenvalue weighted by atomic mass is 10.2. The highest BCUT2D eigenvalue weighted by Crippen LogP contribution is 2.17. The smallest absolute Gasteiger partial charge is 0.415 e. The Labute approximate surface area is 118 Å². The van der Waals surface area contributed by atoms with Crippen LogP contribution in [0.3, 0.4) is 0 Å². The second-order valence-corrected chi connectivity index (χ2v) is 5.08. The summed E-state index contributed by atoms with van der Waals surface area (Å²) < 4.78 is 10.2. The Kier molecular flexibility index (Phi) is 5.49. The predicted molar refractivity (Wildman–Crippen MR) is 74.5 cm³/mol. The fourth-order valence-corrected chi connectivity index (χ4v) is 1.44. The van der Waals surface area contributed by atoms with E-state index in [1.807, 2.05) is 0 Å². The number of anilines is 1. The number of hydrogen-bond acceptors (Lipinski definition) is 5. The molecule has 0 radical (unpaired) electrons. The molecule has 6 nitrogen and oxygen atoms in total. The van der Waals surface area contributed by atoms with E-state index < -0.39 is 17.7 Å². The maximum atomic E-state index is 12.2. The molecule has 1 aromatic rings. The van der Waals surface area contributed by atoms with Crippen molar-refractivity contribution in [3.8, 4) is 0 Å². The summed E-state index contributed by atoms with van der Waals surface area (Å²) in [6.45, 7) is 7.06. The minimum absolute atomic E-state index is 0.202. The molecule has 1 amide bonds. The third-order valence-corrected chi connectivity index (χ3v) is 2.18. The molecule has 0 saturated heterocycles. The van der Waals surface area contributed by atoms with Crippen LogP contribution in [0.5, 0.6) is 0 Å². The molecule has 0 bridgehead atoms. The Balaban J connectivity index is 2.90. The van der Waals surface area contributed by atoms with Crippen LogP contribution in [-0.2, 0) is 14.3 Å². The minimum Gasteiger partial charge on any atom is -0.465 e. The van der Waals surface area contributed by atoms with Crippen molar-refractivity contribution in [2.24, 2.45) is 0 Å². The second-order valence-electron chi connectivity index (χ2n) is 5.08. The molecular weight excluding hydrogens is 260 g/mol. The van der Waals surface area contributed by atoms with Gasteiger partial charge < -0.3 is 9.47 Å². The van der Waals surface area contributed by atoms with Gasteiger partial charge in [0.05, 0.1) is 12.3 Å². The van der Waals surface area contributed by atoms with E-state index in [0.29, 0.717) is 5.69 Å². The van der Waals surface area contributed by atoms with Crippen molar-refractivity contribution in [3.05, 3.63) is 24.5 Å². The summed E-state index contributed by atoms with van der Waals surface area (Å²) in [6, 6.07) is 3.26. The fourth-order valence-electron chi connectivity index (χ4n) is 1.44. The highest BCUT2D eigenvalue weighted by Gasteiger charge is 2.25. The van der Waals surface area contributed by atoms with E-state index in [9.17, 15) is 9.59 Å². The van der Waals surface area contributed by atoms with E-state index in [2.05, 4.69) is 4.98 Å². The SMILES string of the molecule is CCOC(=O)CN(C(=O)OC(C)(C)C)c1ccncc1. The van der Waals surface area contributed by atoms with Crippen molar-refractivity contribution in [1.82, 2.24) is 4.98 Å². The summed E-state index contributed by atoms with van der Waals surface area (Å²) in [5.41, 5.74) is -0.112. The van der Waals surface area contributed by atoms with E-state index in [1.54, 1.807) is 39.8 Å². The standard InChI is InChI=1S/C14H20N2O4/c1-5-19-12(17)10-16(11-6-8-15-9-7-11)13(18)20-14(2,3)4/h6-9H,5,10H2,1-4H3. The maximum Gasteiger partial charge on any atom is 0.415 e. The molecular formula is C14H20N2O4. The summed E-state index contributed by atoms with van der Waals surface area (Å²) in [5, 5.41) is 0. The summed E-state index contributed by atoms with van der Waals surface area (Å²) in [7, 11) is 0. The van der Waals surface area contributed by atoms with E-state index in [-0.39, 0.29) is 13.2 Å². The zero-order chi connectivity index (χ0) is 15.2. The molecule has 1 heterocycles. The zero-order valence-corrected chi connectivity index (χ0v) is 12.3. The van der Waals surface area contributed by atoms with Gasteiger partial charge in [0.2, 0.25) is 0 Å². The number of aromatic nitrogens is 1. The summed E-state index contributed by atoms with van der Waals surface area (Å²) in [6.07, 6.45) is 2.48. The van der Waals surface area contributed by atoms with Crippen molar-refractivity contribution >= 4 is 17.7 Å². The molecule has 0 spiro atoms. The number of hydrogen-bond donors (Lipinski definition) is 0. The van der Waals surface area contributed by atoms with Crippen molar-refractivity contribution in [3.63, 3.8) is 0 Å².